The van der Waals surface area contributed by atoms with Crippen molar-refractivity contribution < 1.29 is 18.8 Å². The van der Waals surface area contributed by atoms with Crippen LogP contribution in [-0.2, 0) is 4.79 Å². The highest BCUT2D eigenvalue weighted by Crippen LogP contribution is 2.18. The van der Waals surface area contributed by atoms with Crippen LogP contribution in [0.1, 0.15) is 38.4 Å². The number of carboxylic acids is 1. The molecule has 0 unspecified atom stereocenters. The lowest BCUT2D eigenvalue weighted by Crippen LogP contribution is -2.09. The zero-order chi connectivity index (χ0) is 16.3. The maximum atomic E-state index is 12.4. The minimum Gasteiger partial charge on any atom is -0.481 e. The smallest absolute Gasteiger partial charge is 0.310 e. The van der Waals surface area contributed by atoms with E-state index in [0.29, 0.717) is 5.56 Å². The molecule has 2 aromatic rings. The van der Waals surface area contributed by atoms with Gasteiger partial charge >= 0.3 is 5.97 Å². The summed E-state index contributed by atoms with van der Waals surface area (Å²) < 4.78 is 22.1. The maximum absolute atomic E-state index is 12.4. The van der Waals surface area contributed by atoms with Gasteiger partial charge in [0.2, 0.25) is 0 Å². The molecule has 0 radical (unpaired) electrons. The van der Waals surface area contributed by atoms with Crippen molar-refractivity contribution in [3.63, 3.8) is 0 Å². The lowest BCUT2D eigenvalue weighted by molar-refractivity contribution is -0.138. The molecule has 2 aromatic carbocycles. The highest BCUT2D eigenvalue weighted by molar-refractivity contribution is 6.09. The maximum Gasteiger partial charge on any atom is 0.310 e. The molecule has 0 saturated carbocycles. The fraction of sp³-hybridized carbons (Fsp3) is 0.125. The van der Waals surface area contributed by atoms with Gasteiger partial charge in [-0.15, -0.1) is 0 Å². The van der Waals surface area contributed by atoms with Crippen molar-refractivity contribution in [3.8, 4) is 0 Å². The Morgan fingerprint density at radius 3 is 2.37 bits per heavy atom. The van der Waals surface area contributed by atoms with Gasteiger partial charge in [0.1, 0.15) is 0 Å². The second kappa shape index (κ2) is 5.48. The number of hydrogen-bond donors (Lipinski definition) is 1. The van der Waals surface area contributed by atoms with Crippen molar-refractivity contribution in [1.82, 2.24) is 0 Å². The molecule has 0 aliphatic carbocycles. The third-order valence-electron chi connectivity index (χ3n) is 2.77. The van der Waals surface area contributed by atoms with Crippen molar-refractivity contribution in [2.45, 2.75) is 12.8 Å². The van der Waals surface area contributed by atoms with Crippen LogP contribution in [0.4, 0.5) is 0 Å². The lowest BCUT2D eigenvalue weighted by Gasteiger charge is -2.08. The van der Waals surface area contributed by atoms with Crippen LogP contribution >= 0.6 is 0 Å². The number of rotatable bonds is 4. The molecule has 1 atom stereocenters. The zero-order valence-corrected chi connectivity index (χ0v) is 10.0. The minimum absolute atomic E-state index is 0.0919. The van der Waals surface area contributed by atoms with Crippen LogP contribution in [0.2, 0.25) is 0 Å². The second-order valence-electron chi connectivity index (χ2n) is 4.09. The van der Waals surface area contributed by atoms with Crippen molar-refractivity contribution >= 4 is 11.8 Å². The third kappa shape index (κ3) is 2.88. The van der Waals surface area contributed by atoms with Crippen LogP contribution in [-0.4, -0.2) is 16.9 Å². The predicted octanol–water partition coefficient (Wildman–Crippen LogP) is 3.11. The first-order valence-electron chi connectivity index (χ1n) is 7.23. The Bertz CT molecular complexity index is 693. The summed E-state index contributed by atoms with van der Waals surface area (Å²) in [5.41, 5.74) is 0.814. The SMILES string of the molecule is [2H]C([2H])([2H])[C@H](C(=O)O)c1cccc(C(=O)c2ccccc2)c1. The standard InChI is InChI=1S/C16H14O3/c1-11(16(18)19)13-8-5-9-14(10-13)15(17)12-6-3-2-4-7-12/h2-11H,1H3,(H,18,19)/t11-/m0/s1/i1D3. The highest BCUT2D eigenvalue weighted by Gasteiger charge is 2.16. The molecule has 0 spiro atoms. The van der Waals surface area contributed by atoms with Crippen LogP contribution in [0.15, 0.2) is 54.6 Å². The fourth-order valence-electron chi connectivity index (χ4n) is 1.76. The van der Waals surface area contributed by atoms with Gasteiger partial charge in [0.05, 0.1) is 5.92 Å². The Balaban J connectivity index is 2.42. The third-order valence-corrected chi connectivity index (χ3v) is 2.77. The molecule has 0 saturated heterocycles. The number of aliphatic carboxylic acids is 1. The summed E-state index contributed by atoms with van der Waals surface area (Å²) >= 11 is 0. The fourth-order valence-corrected chi connectivity index (χ4v) is 1.76. The number of hydrogen-bond acceptors (Lipinski definition) is 2. The molecule has 0 aliphatic rings. The average Bonchev–Trinajstić information content (AvgIpc) is 2.46. The molecule has 3 nitrogen and oxygen atoms in total. The summed E-state index contributed by atoms with van der Waals surface area (Å²) in [5.74, 6) is -3.38. The van der Waals surface area contributed by atoms with Crippen LogP contribution in [0.25, 0.3) is 0 Å². The lowest BCUT2D eigenvalue weighted by atomic mass is 9.96. The number of carboxylic acid groups (broad SMARTS) is 1. The molecular weight excluding hydrogens is 240 g/mol. The van der Waals surface area contributed by atoms with Crippen LogP contribution in [0, 0.1) is 0 Å². The quantitative estimate of drug-likeness (QED) is 0.856. The van der Waals surface area contributed by atoms with Crippen molar-refractivity contribution in [3.05, 3.63) is 71.3 Å². The molecule has 96 valence electrons. The van der Waals surface area contributed by atoms with Gasteiger partial charge in [0.15, 0.2) is 5.78 Å². The van der Waals surface area contributed by atoms with Gasteiger partial charge in [-0.25, -0.2) is 0 Å². The Morgan fingerprint density at radius 1 is 1.05 bits per heavy atom. The topological polar surface area (TPSA) is 54.4 Å². The molecule has 3 heteroatoms. The zero-order valence-electron chi connectivity index (χ0n) is 13.0. The Hall–Kier alpha value is -2.42. The molecule has 0 heterocycles. The van der Waals surface area contributed by atoms with Crippen LogP contribution in [0.3, 0.4) is 0 Å². The van der Waals surface area contributed by atoms with Gasteiger partial charge < -0.3 is 5.11 Å². The summed E-state index contributed by atoms with van der Waals surface area (Å²) in [4.78, 5) is 23.6. The average molecular weight is 257 g/mol. The van der Waals surface area contributed by atoms with E-state index in [4.69, 9.17) is 9.22 Å². The first-order valence-corrected chi connectivity index (χ1v) is 5.73. The molecule has 0 aliphatic heterocycles. The van der Waals surface area contributed by atoms with E-state index in [0.717, 1.165) is 0 Å². The van der Waals surface area contributed by atoms with E-state index >= 15 is 0 Å². The Kier molecular flexibility index (Phi) is 2.74. The van der Waals surface area contributed by atoms with E-state index in [-0.39, 0.29) is 16.9 Å². The monoisotopic (exact) mass is 257 g/mol. The number of benzene rings is 2. The molecule has 0 fully saturated rings. The van der Waals surface area contributed by atoms with Gasteiger partial charge in [0.25, 0.3) is 0 Å². The van der Waals surface area contributed by atoms with E-state index < -0.39 is 18.7 Å². The van der Waals surface area contributed by atoms with Gasteiger partial charge in [-0.05, 0) is 18.5 Å². The van der Waals surface area contributed by atoms with Gasteiger partial charge in [0, 0.05) is 15.2 Å². The molecule has 0 aromatic heterocycles. The first-order chi connectivity index (χ1) is 10.3. The summed E-state index contributed by atoms with van der Waals surface area (Å²) in [6.45, 7) is -2.68. The number of ketones is 1. The normalized spacial score (nSPS) is 14.8. The van der Waals surface area contributed by atoms with Crippen LogP contribution < -0.4 is 0 Å². The first kappa shape index (κ1) is 9.50. The van der Waals surface area contributed by atoms with Gasteiger partial charge in [-0.2, -0.15) is 0 Å². The Morgan fingerprint density at radius 2 is 1.74 bits per heavy atom. The van der Waals surface area contributed by atoms with E-state index in [1.807, 2.05) is 0 Å². The largest absolute Gasteiger partial charge is 0.481 e. The van der Waals surface area contributed by atoms with Gasteiger partial charge in [-0.3, -0.25) is 9.59 Å². The van der Waals surface area contributed by atoms with Crippen LogP contribution in [0.5, 0.6) is 0 Å². The van der Waals surface area contributed by atoms with E-state index in [1.54, 1.807) is 30.3 Å². The highest BCUT2D eigenvalue weighted by atomic mass is 16.4. The molecule has 1 N–H and O–H groups in total. The van der Waals surface area contributed by atoms with Gasteiger partial charge in [-0.1, -0.05) is 48.5 Å². The summed E-state index contributed by atoms with van der Waals surface area (Å²) in [5, 5.41) is 9.16. The summed E-state index contributed by atoms with van der Waals surface area (Å²) in [6, 6.07) is 14.3. The van der Waals surface area contributed by atoms with E-state index in [2.05, 4.69) is 0 Å². The number of carbonyl (C=O) groups is 2. The van der Waals surface area contributed by atoms with E-state index in [9.17, 15) is 9.59 Å². The molecule has 0 amide bonds. The molecule has 0 bridgehead atoms. The minimum atomic E-state index is -2.68. The summed E-state index contributed by atoms with van der Waals surface area (Å²) in [6.07, 6.45) is 0. The number of carbonyl (C=O) groups excluding carboxylic acids is 1. The second-order valence-corrected chi connectivity index (χ2v) is 4.09. The molecular formula is C16H14O3. The molecule has 2 rings (SSSR count). The Labute approximate surface area is 115 Å². The predicted molar refractivity (Wildman–Crippen MR) is 72.4 cm³/mol. The van der Waals surface area contributed by atoms with Crippen molar-refractivity contribution in [2.75, 3.05) is 0 Å². The molecule has 19 heavy (non-hydrogen) atoms. The van der Waals surface area contributed by atoms with E-state index in [1.165, 1.54) is 24.3 Å². The summed E-state index contributed by atoms with van der Waals surface area (Å²) in [7, 11) is 0. The van der Waals surface area contributed by atoms with Crippen molar-refractivity contribution in [2.24, 2.45) is 0 Å². The van der Waals surface area contributed by atoms with Crippen molar-refractivity contribution in [1.29, 1.82) is 0 Å².